The molecule has 1 aliphatic heterocycles. The molecule has 1 aromatic heterocycles. The fourth-order valence-electron chi connectivity index (χ4n) is 2.90. The summed E-state index contributed by atoms with van der Waals surface area (Å²) < 4.78 is 42.0. The minimum atomic E-state index is -0.717. The van der Waals surface area contributed by atoms with Gasteiger partial charge in [-0.05, 0) is 36.8 Å². The summed E-state index contributed by atoms with van der Waals surface area (Å²) in [6.45, 7) is 0.668. The van der Waals surface area contributed by atoms with E-state index in [0.717, 1.165) is 11.6 Å². The zero-order valence-electron chi connectivity index (χ0n) is 12.3. The molecule has 2 heterocycles. The van der Waals surface area contributed by atoms with Crippen molar-refractivity contribution in [3.63, 3.8) is 0 Å². The molecule has 0 fully saturated rings. The van der Waals surface area contributed by atoms with E-state index in [4.69, 9.17) is 11.6 Å². The van der Waals surface area contributed by atoms with Crippen LogP contribution in [0.2, 0.25) is 5.02 Å². The molecule has 0 unspecified atom stereocenters. The topological polar surface area (TPSA) is 29.9 Å². The molecule has 2 aromatic carbocycles. The number of hydrogen-bond acceptors (Lipinski definition) is 2. The smallest absolute Gasteiger partial charge is 0.151 e. The zero-order valence-corrected chi connectivity index (χ0v) is 13.0. The van der Waals surface area contributed by atoms with Crippen molar-refractivity contribution in [2.45, 2.75) is 6.42 Å². The van der Waals surface area contributed by atoms with Gasteiger partial charge in [0.15, 0.2) is 5.82 Å². The van der Waals surface area contributed by atoms with Crippen molar-refractivity contribution in [2.24, 2.45) is 0 Å². The minimum absolute atomic E-state index is 0.131. The average Bonchev–Trinajstić information content (AvgIpc) is 3.11. The summed E-state index contributed by atoms with van der Waals surface area (Å²) in [7, 11) is 0. The quantitative estimate of drug-likeness (QED) is 0.734. The average molecular weight is 350 g/mol. The Hall–Kier alpha value is -2.47. The lowest BCUT2D eigenvalue weighted by molar-refractivity contribution is 0.574. The van der Waals surface area contributed by atoms with Crippen LogP contribution < -0.4 is 5.32 Å². The van der Waals surface area contributed by atoms with E-state index in [0.29, 0.717) is 30.0 Å². The number of aromatic nitrogens is 2. The Balaban J connectivity index is 1.92. The third kappa shape index (κ3) is 2.34. The molecular formula is C17H11ClF3N3. The van der Waals surface area contributed by atoms with E-state index < -0.39 is 17.5 Å². The monoisotopic (exact) mass is 349 g/mol. The Bertz CT molecular complexity index is 878. The lowest BCUT2D eigenvalue weighted by Gasteiger charge is -2.07. The van der Waals surface area contributed by atoms with Gasteiger partial charge in [-0.25, -0.2) is 17.9 Å². The van der Waals surface area contributed by atoms with Crippen LogP contribution in [0.15, 0.2) is 36.4 Å². The van der Waals surface area contributed by atoms with Gasteiger partial charge in [0.2, 0.25) is 0 Å². The van der Waals surface area contributed by atoms with E-state index in [-0.39, 0.29) is 10.7 Å². The van der Waals surface area contributed by atoms with Crippen LogP contribution in [-0.4, -0.2) is 16.3 Å². The van der Waals surface area contributed by atoms with Gasteiger partial charge in [-0.3, -0.25) is 0 Å². The zero-order chi connectivity index (χ0) is 16.8. The number of benzene rings is 2. The van der Waals surface area contributed by atoms with Gasteiger partial charge in [0.05, 0.1) is 10.7 Å². The predicted molar refractivity (Wildman–Crippen MR) is 86.1 cm³/mol. The molecule has 0 saturated heterocycles. The molecule has 1 N–H and O–H groups in total. The van der Waals surface area contributed by atoms with Crippen molar-refractivity contribution in [1.29, 1.82) is 0 Å². The van der Waals surface area contributed by atoms with Gasteiger partial charge in [0.25, 0.3) is 0 Å². The van der Waals surface area contributed by atoms with Crippen molar-refractivity contribution in [3.8, 4) is 16.9 Å². The van der Waals surface area contributed by atoms with Crippen molar-refractivity contribution in [1.82, 2.24) is 9.78 Å². The van der Waals surface area contributed by atoms with Crippen LogP contribution in [0.25, 0.3) is 16.9 Å². The summed E-state index contributed by atoms with van der Waals surface area (Å²) in [6.07, 6.45) is 0.682. The van der Waals surface area contributed by atoms with E-state index >= 15 is 0 Å². The largest absolute Gasteiger partial charge is 0.369 e. The van der Waals surface area contributed by atoms with Crippen LogP contribution in [-0.2, 0) is 6.42 Å². The van der Waals surface area contributed by atoms with Crippen LogP contribution >= 0.6 is 11.6 Å². The highest BCUT2D eigenvalue weighted by Crippen LogP contribution is 2.38. The van der Waals surface area contributed by atoms with Crippen LogP contribution in [0.3, 0.4) is 0 Å². The summed E-state index contributed by atoms with van der Waals surface area (Å²) in [5.74, 6) is -1.18. The first-order valence-corrected chi connectivity index (χ1v) is 7.69. The van der Waals surface area contributed by atoms with Gasteiger partial charge >= 0.3 is 0 Å². The van der Waals surface area contributed by atoms with Crippen LogP contribution in [0.1, 0.15) is 5.56 Å². The second-order valence-corrected chi connectivity index (χ2v) is 5.89. The first-order valence-electron chi connectivity index (χ1n) is 7.31. The molecule has 0 spiro atoms. The Kier molecular flexibility index (Phi) is 3.49. The number of nitrogens with zero attached hydrogens (tertiary/aromatic N) is 2. The van der Waals surface area contributed by atoms with Crippen LogP contribution in [0.4, 0.5) is 19.0 Å². The number of nitrogens with one attached hydrogen (secondary N) is 1. The highest BCUT2D eigenvalue weighted by Gasteiger charge is 2.26. The molecule has 0 radical (unpaired) electrons. The van der Waals surface area contributed by atoms with E-state index in [2.05, 4.69) is 10.4 Å². The normalized spacial score (nSPS) is 13.0. The van der Waals surface area contributed by atoms with E-state index in [9.17, 15) is 13.2 Å². The SMILES string of the molecule is Fc1ccc(-n2nc(-c3ccc(F)cc3Cl)c3c2NCC3)c(F)c1. The Morgan fingerprint density at radius 2 is 1.79 bits per heavy atom. The van der Waals surface area contributed by atoms with Crippen molar-refractivity contribution < 1.29 is 13.2 Å². The molecule has 0 amide bonds. The van der Waals surface area contributed by atoms with Crippen molar-refractivity contribution in [2.75, 3.05) is 11.9 Å². The molecule has 0 bridgehead atoms. The lowest BCUT2D eigenvalue weighted by atomic mass is 10.1. The molecule has 0 saturated carbocycles. The summed E-state index contributed by atoms with van der Waals surface area (Å²) in [6, 6.07) is 7.36. The number of halogens is 4. The molecule has 1 aliphatic rings. The highest BCUT2D eigenvalue weighted by molar-refractivity contribution is 6.33. The number of fused-ring (bicyclic) bond motifs is 1. The maximum Gasteiger partial charge on any atom is 0.151 e. The van der Waals surface area contributed by atoms with Crippen LogP contribution in [0, 0.1) is 17.5 Å². The fraction of sp³-hybridized carbons (Fsp3) is 0.118. The Morgan fingerprint density at radius 1 is 1.04 bits per heavy atom. The van der Waals surface area contributed by atoms with E-state index in [1.54, 1.807) is 6.07 Å². The van der Waals surface area contributed by atoms with Crippen molar-refractivity contribution in [3.05, 3.63) is 64.4 Å². The van der Waals surface area contributed by atoms with E-state index in [1.807, 2.05) is 0 Å². The summed E-state index contributed by atoms with van der Waals surface area (Å²) >= 11 is 6.14. The molecule has 122 valence electrons. The molecule has 3 nitrogen and oxygen atoms in total. The van der Waals surface area contributed by atoms with E-state index in [1.165, 1.54) is 28.9 Å². The van der Waals surface area contributed by atoms with Gasteiger partial charge < -0.3 is 5.32 Å². The summed E-state index contributed by atoms with van der Waals surface area (Å²) in [4.78, 5) is 0. The fourth-order valence-corrected chi connectivity index (χ4v) is 3.16. The van der Waals surface area contributed by atoms with Gasteiger partial charge in [-0.15, -0.1) is 0 Å². The van der Waals surface area contributed by atoms with Crippen molar-refractivity contribution >= 4 is 17.4 Å². The van der Waals surface area contributed by atoms with Gasteiger partial charge in [0, 0.05) is 23.7 Å². The third-order valence-electron chi connectivity index (χ3n) is 3.98. The maximum atomic E-state index is 14.1. The molecule has 3 aromatic rings. The first kappa shape index (κ1) is 15.1. The molecular weight excluding hydrogens is 339 g/mol. The standard InChI is InChI=1S/C17H11ClF3N3/c18-13-7-9(19)1-3-11(13)16-12-5-6-22-17(12)24(23-16)15-4-2-10(20)8-14(15)21/h1-4,7-8,22H,5-6H2. The minimum Gasteiger partial charge on any atom is -0.369 e. The molecule has 7 heteroatoms. The number of rotatable bonds is 2. The Labute approximate surface area is 140 Å². The first-order chi connectivity index (χ1) is 11.5. The van der Waals surface area contributed by atoms with Gasteiger partial charge in [-0.2, -0.15) is 5.10 Å². The Morgan fingerprint density at radius 3 is 2.54 bits per heavy atom. The molecule has 4 rings (SSSR count). The second-order valence-electron chi connectivity index (χ2n) is 5.48. The molecule has 0 aliphatic carbocycles. The molecule has 0 atom stereocenters. The highest BCUT2D eigenvalue weighted by atomic mass is 35.5. The summed E-state index contributed by atoms with van der Waals surface area (Å²) in [5.41, 5.74) is 2.13. The third-order valence-corrected chi connectivity index (χ3v) is 4.29. The second kappa shape index (κ2) is 5.56. The number of anilines is 1. The van der Waals surface area contributed by atoms with Gasteiger partial charge in [-0.1, -0.05) is 11.6 Å². The summed E-state index contributed by atoms with van der Waals surface area (Å²) in [5, 5.41) is 7.82. The van der Waals surface area contributed by atoms with Crippen LogP contribution in [0.5, 0.6) is 0 Å². The van der Waals surface area contributed by atoms with Gasteiger partial charge in [0.1, 0.15) is 23.1 Å². The molecule has 24 heavy (non-hydrogen) atoms. The predicted octanol–water partition coefficient (Wildman–Crippen LogP) is 4.58. The lowest BCUT2D eigenvalue weighted by Crippen LogP contribution is -2.06. The maximum absolute atomic E-state index is 14.1. The number of hydrogen-bond donors (Lipinski definition) is 1.